The SMILES string of the molecule is CCNCc1cc(OC)cc(OC)c1. The highest BCUT2D eigenvalue weighted by Gasteiger charge is 2.00. The number of ether oxygens (including phenoxy) is 2. The molecule has 0 aliphatic heterocycles. The third-order valence-electron chi connectivity index (χ3n) is 1.99. The fourth-order valence-electron chi connectivity index (χ4n) is 1.24. The van der Waals surface area contributed by atoms with Crippen LogP contribution in [-0.4, -0.2) is 20.8 Å². The molecule has 1 rings (SSSR count). The number of benzene rings is 1. The molecule has 1 aromatic carbocycles. The molecule has 0 saturated carbocycles. The lowest BCUT2D eigenvalue weighted by Crippen LogP contribution is -2.11. The van der Waals surface area contributed by atoms with Crippen molar-refractivity contribution in [1.82, 2.24) is 5.32 Å². The van der Waals surface area contributed by atoms with E-state index in [0.29, 0.717) is 0 Å². The molecule has 0 aliphatic rings. The normalized spacial score (nSPS) is 9.93. The van der Waals surface area contributed by atoms with Crippen LogP contribution in [0.5, 0.6) is 11.5 Å². The van der Waals surface area contributed by atoms with Crippen molar-refractivity contribution in [3.8, 4) is 11.5 Å². The van der Waals surface area contributed by atoms with Crippen LogP contribution in [-0.2, 0) is 6.54 Å². The second-order valence-electron chi connectivity index (χ2n) is 3.00. The number of nitrogens with one attached hydrogen (secondary N) is 1. The molecule has 0 bridgehead atoms. The Hall–Kier alpha value is -1.22. The summed E-state index contributed by atoms with van der Waals surface area (Å²) in [6.07, 6.45) is 0. The van der Waals surface area contributed by atoms with E-state index >= 15 is 0 Å². The zero-order chi connectivity index (χ0) is 10.4. The van der Waals surface area contributed by atoms with Gasteiger partial charge in [-0.1, -0.05) is 6.92 Å². The van der Waals surface area contributed by atoms with E-state index in [-0.39, 0.29) is 0 Å². The van der Waals surface area contributed by atoms with Crippen LogP contribution in [0.4, 0.5) is 0 Å². The van der Waals surface area contributed by atoms with Gasteiger partial charge in [0.25, 0.3) is 0 Å². The lowest BCUT2D eigenvalue weighted by atomic mass is 10.2. The average Bonchev–Trinajstić information content (AvgIpc) is 2.25. The highest BCUT2D eigenvalue weighted by atomic mass is 16.5. The smallest absolute Gasteiger partial charge is 0.122 e. The van der Waals surface area contributed by atoms with Crippen LogP contribution >= 0.6 is 0 Å². The van der Waals surface area contributed by atoms with Crippen LogP contribution in [0.15, 0.2) is 18.2 Å². The van der Waals surface area contributed by atoms with Gasteiger partial charge in [-0.2, -0.15) is 0 Å². The van der Waals surface area contributed by atoms with Gasteiger partial charge >= 0.3 is 0 Å². The van der Waals surface area contributed by atoms with Gasteiger partial charge in [-0.05, 0) is 24.2 Å². The van der Waals surface area contributed by atoms with Gasteiger partial charge in [0, 0.05) is 12.6 Å². The Morgan fingerprint density at radius 2 is 1.64 bits per heavy atom. The molecule has 0 spiro atoms. The topological polar surface area (TPSA) is 30.5 Å². The van der Waals surface area contributed by atoms with E-state index in [9.17, 15) is 0 Å². The third kappa shape index (κ3) is 2.92. The van der Waals surface area contributed by atoms with E-state index in [4.69, 9.17) is 9.47 Å². The van der Waals surface area contributed by atoms with Crippen molar-refractivity contribution in [2.45, 2.75) is 13.5 Å². The van der Waals surface area contributed by atoms with Gasteiger partial charge in [0.15, 0.2) is 0 Å². The van der Waals surface area contributed by atoms with Gasteiger partial charge in [-0.15, -0.1) is 0 Å². The van der Waals surface area contributed by atoms with E-state index < -0.39 is 0 Å². The molecule has 0 unspecified atom stereocenters. The van der Waals surface area contributed by atoms with E-state index in [1.54, 1.807) is 14.2 Å². The number of rotatable bonds is 5. The van der Waals surface area contributed by atoms with Crippen LogP contribution in [0.1, 0.15) is 12.5 Å². The third-order valence-corrected chi connectivity index (χ3v) is 1.99. The maximum absolute atomic E-state index is 5.17. The Morgan fingerprint density at radius 1 is 1.07 bits per heavy atom. The van der Waals surface area contributed by atoms with Crippen LogP contribution in [0.3, 0.4) is 0 Å². The summed E-state index contributed by atoms with van der Waals surface area (Å²) in [5.41, 5.74) is 1.17. The highest BCUT2D eigenvalue weighted by molar-refractivity contribution is 5.38. The zero-order valence-corrected chi connectivity index (χ0v) is 8.96. The molecule has 0 atom stereocenters. The maximum atomic E-state index is 5.17. The summed E-state index contributed by atoms with van der Waals surface area (Å²) in [7, 11) is 3.32. The summed E-state index contributed by atoms with van der Waals surface area (Å²) in [6, 6.07) is 5.88. The van der Waals surface area contributed by atoms with Gasteiger partial charge in [0.2, 0.25) is 0 Å². The molecule has 0 aromatic heterocycles. The predicted octanol–water partition coefficient (Wildman–Crippen LogP) is 1.81. The average molecular weight is 195 g/mol. The maximum Gasteiger partial charge on any atom is 0.122 e. The molecule has 0 amide bonds. The lowest BCUT2D eigenvalue weighted by Gasteiger charge is -2.08. The van der Waals surface area contributed by atoms with Crippen LogP contribution in [0, 0.1) is 0 Å². The minimum atomic E-state index is 0.831. The summed E-state index contributed by atoms with van der Waals surface area (Å²) in [6.45, 7) is 3.88. The second-order valence-corrected chi connectivity index (χ2v) is 3.00. The van der Waals surface area contributed by atoms with Crippen molar-refractivity contribution in [2.24, 2.45) is 0 Å². The Kier molecular flexibility index (Phi) is 4.26. The van der Waals surface area contributed by atoms with Gasteiger partial charge in [-0.25, -0.2) is 0 Å². The summed E-state index contributed by atoms with van der Waals surface area (Å²) >= 11 is 0. The molecule has 1 N–H and O–H groups in total. The van der Waals surface area contributed by atoms with Crippen molar-refractivity contribution in [3.63, 3.8) is 0 Å². The summed E-state index contributed by atoms with van der Waals surface area (Å²) in [4.78, 5) is 0. The van der Waals surface area contributed by atoms with Crippen molar-refractivity contribution in [3.05, 3.63) is 23.8 Å². The Bertz CT molecular complexity index is 264. The first kappa shape index (κ1) is 10.9. The van der Waals surface area contributed by atoms with Crippen molar-refractivity contribution in [2.75, 3.05) is 20.8 Å². The van der Waals surface area contributed by atoms with Gasteiger partial charge in [0.1, 0.15) is 11.5 Å². The minimum absolute atomic E-state index is 0.831. The monoisotopic (exact) mass is 195 g/mol. The number of hydrogen-bond donors (Lipinski definition) is 1. The number of hydrogen-bond acceptors (Lipinski definition) is 3. The van der Waals surface area contributed by atoms with E-state index in [0.717, 1.165) is 24.6 Å². The van der Waals surface area contributed by atoms with E-state index in [1.165, 1.54) is 5.56 Å². The van der Waals surface area contributed by atoms with E-state index in [2.05, 4.69) is 12.2 Å². The molecule has 78 valence electrons. The zero-order valence-electron chi connectivity index (χ0n) is 8.96. The molecule has 0 radical (unpaired) electrons. The summed E-state index contributed by atoms with van der Waals surface area (Å²) in [5, 5.41) is 3.26. The molecule has 3 heteroatoms. The summed E-state index contributed by atoms with van der Waals surface area (Å²) in [5.74, 6) is 1.66. The van der Waals surface area contributed by atoms with Crippen molar-refractivity contribution in [1.29, 1.82) is 0 Å². The van der Waals surface area contributed by atoms with Gasteiger partial charge in [-0.3, -0.25) is 0 Å². The van der Waals surface area contributed by atoms with Crippen LogP contribution in [0.2, 0.25) is 0 Å². The fourth-order valence-corrected chi connectivity index (χ4v) is 1.24. The van der Waals surface area contributed by atoms with E-state index in [1.807, 2.05) is 18.2 Å². The largest absolute Gasteiger partial charge is 0.497 e. The van der Waals surface area contributed by atoms with Crippen molar-refractivity contribution >= 4 is 0 Å². The number of methoxy groups -OCH3 is 2. The molecule has 0 saturated heterocycles. The lowest BCUT2D eigenvalue weighted by molar-refractivity contribution is 0.393. The first-order valence-electron chi connectivity index (χ1n) is 4.72. The first-order chi connectivity index (χ1) is 6.80. The molecular formula is C11H17NO2. The van der Waals surface area contributed by atoms with Gasteiger partial charge in [0.05, 0.1) is 14.2 Å². The Labute approximate surface area is 85.0 Å². The Morgan fingerprint density at radius 3 is 2.07 bits per heavy atom. The van der Waals surface area contributed by atoms with Crippen LogP contribution in [0.25, 0.3) is 0 Å². The first-order valence-corrected chi connectivity index (χ1v) is 4.72. The van der Waals surface area contributed by atoms with Crippen molar-refractivity contribution < 1.29 is 9.47 Å². The quantitative estimate of drug-likeness (QED) is 0.777. The predicted molar refractivity (Wildman–Crippen MR) is 56.9 cm³/mol. The molecule has 0 heterocycles. The fraction of sp³-hybridized carbons (Fsp3) is 0.455. The molecule has 3 nitrogen and oxygen atoms in total. The molecule has 0 aliphatic carbocycles. The molecule has 0 fully saturated rings. The van der Waals surface area contributed by atoms with Crippen LogP contribution < -0.4 is 14.8 Å². The molecular weight excluding hydrogens is 178 g/mol. The molecule has 1 aromatic rings. The van der Waals surface area contributed by atoms with Gasteiger partial charge < -0.3 is 14.8 Å². The summed E-state index contributed by atoms with van der Waals surface area (Å²) < 4.78 is 10.3. The minimum Gasteiger partial charge on any atom is -0.497 e. The molecule has 14 heavy (non-hydrogen) atoms. The highest BCUT2D eigenvalue weighted by Crippen LogP contribution is 2.22. The second kappa shape index (κ2) is 5.50. The standard InChI is InChI=1S/C11H17NO2/c1-4-12-8-9-5-10(13-2)7-11(6-9)14-3/h5-7,12H,4,8H2,1-3H3. The Balaban J connectivity index is 2.81.